The summed E-state index contributed by atoms with van der Waals surface area (Å²) in [5.74, 6) is 0.447. The molecular formula is C19H17Cl2N3O2. The number of amides is 1. The summed E-state index contributed by atoms with van der Waals surface area (Å²) >= 11 is 11.9. The second kappa shape index (κ2) is 7.89. The highest BCUT2D eigenvalue weighted by Gasteiger charge is 2.13. The van der Waals surface area contributed by atoms with Crippen molar-refractivity contribution in [3.05, 3.63) is 63.6 Å². The molecule has 0 atom stereocenters. The molecule has 0 bridgehead atoms. The maximum Gasteiger partial charge on any atom is 0.322 e. The topological polar surface area (TPSA) is 68.0 Å². The molecule has 26 heavy (non-hydrogen) atoms. The predicted molar refractivity (Wildman–Crippen MR) is 103 cm³/mol. The van der Waals surface area contributed by atoms with Crippen LogP contribution in [-0.4, -0.2) is 16.1 Å². The molecule has 0 saturated heterocycles. The zero-order valence-electron chi connectivity index (χ0n) is 14.3. The van der Waals surface area contributed by atoms with Crippen LogP contribution in [0.15, 0.2) is 46.9 Å². The Morgan fingerprint density at radius 1 is 1.08 bits per heavy atom. The maximum atomic E-state index is 12.2. The van der Waals surface area contributed by atoms with Gasteiger partial charge in [0.2, 0.25) is 11.8 Å². The van der Waals surface area contributed by atoms with Gasteiger partial charge in [-0.1, -0.05) is 66.4 Å². The molecule has 1 amide bonds. The molecule has 7 heteroatoms. The Morgan fingerprint density at radius 3 is 2.35 bits per heavy atom. The molecule has 3 rings (SSSR count). The molecule has 0 saturated carbocycles. The fourth-order valence-electron chi connectivity index (χ4n) is 2.44. The molecule has 1 N–H and O–H groups in total. The van der Waals surface area contributed by atoms with Gasteiger partial charge in [-0.25, -0.2) is 0 Å². The molecule has 1 aromatic heterocycles. The van der Waals surface area contributed by atoms with Crippen LogP contribution in [-0.2, 0) is 11.2 Å². The van der Waals surface area contributed by atoms with Crippen LogP contribution < -0.4 is 5.32 Å². The summed E-state index contributed by atoms with van der Waals surface area (Å²) in [5, 5.41) is 11.3. The van der Waals surface area contributed by atoms with Crippen LogP contribution in [0.2, 0.25) is 10.0 Å². The molecule has 0 aliphatic heterocycles. The Morgan fingerprint density at radius 2 is 1.73 bits per heavy atom. The minimum Gasteiger partial charge on any atom is -0.403 e. The fourth-order valence-corrected chi connectivity index (χ4v) is 2.96. The number of rotatable bonds is 5. The first-order valence-electron chi connectivity index (χ1n) is 8.09. The standard InChI is InChI=1S/C19H17Cl2N3O2/c1-11(2)13-5-3-12(4-6-13)7-17(25)22-19-24-23-18(26-19)14-8-15(20)10-16(21)9-14/h3-6,8-11H,7H2,1-2H3,(H,22,24,25). The lowest BCUT2D eigenvalue weighted by molar-refractivity contribution is -0.115. The number of carbonyl (C=O) groups is 1. The zero-order valence-corrected chi connectivity index (χ0v) is 15.8. The third kappa shape index (κ3) is 4.62. The summed E-state index contributed by atoms with van der Waals surface area (Å²) < 4.78 is 5.47. The van der Waals surface area contributed by atoms with E-state index < -0.39 is 0 Å². The molecule has 134 valence electrons. The third-order valence-electron chi connectivity index (χ3n) is 3.79. The number of nitrogens with one attached hydrogen (secondary N) is 1. The minimum absolute atomic E-state index is 0.0277. The van der Waals surface area contributed by atoms with Crippen LogP contribution in [0.25, 0.3) is 11.5 Å². The van der Waals surface area contributed by atoms with Gasteiger partial charge in [0.15, 0.2) is 0 Å². The maximum absolute atomic E-state index is 12.2. The first kappa shape index (κ1) is 18.4. The van der Waals surface area contributed by atoms with E-state index in [2.05, 4.69) is 29.4 Å². The molecule has 0 aliphatic carbocycles. The monoisotopic (exact) mass is 389 g/mol. The van der Waals surface area contributed by atoms with Gasteiger partial charge in [-0.15, -0.1) is 5.10 Å². The van der Waals surface area contributed by atoms with E-state index in [0.717, 1.165) is 5.56 Å². The lowest BCUT2D eigenvalue weighted by Gasteiger charge is -2.06. The van der Waals surface area contributed by atoms with E-state index in [1.165, 1.54) is 5.56 Å². The van der Waals surface area contributed by atoms with Crippen molar-refractivity contribution < 1.29 is 9.21 Å². The second-order valence-electron chi connectivity index (χ2n) is 6.19. The van der Waals surface area contributed by atoms with Crippen molar-refractivity contribution in [2.24, 2.45) is 0 Å². The Bertz CT molecular complexity index is 901. The largest absolute Gasteiger partial charge is 0.403 e. The Balaban J connectivity index is 1.66. The predicted octanol–water partition coefficient (Wildman–Crippen LogP) is 5.35. The summed E-state index contributed by atoms with van der Waals surface area (Å²) in [6.07, 6.45) is 0.221. The van der Waals surface area contributed by atoms with E-state index in [4.69, 9.17) is 27.6 Å². The summed E-state index contributed by atoms with van der Waals surface area (Å²) in [6, 6.07) is 12.9. The van der Waals surface area contributed by atoms with Gasteiger partial charge in [0.1, 0.15) is 0 Å². The summed E-state index contributed by atoms with van der Waals surface area (Å²) in [5.41, 5.74) is 2.73. The molecule has 0 unspecified atom stereocenters. The number of aromatic nitrogens is 2. The molecule has 0 spiro atoms. The van der Waals surface area contributed by atoms with Gasteiger partial charge in [0.05, 0.1) is 6.42 Å². The summed E-state index contributed by atoms with van der Waals surface area (Å²) in [6.45, 7) is 4.25. The SMILES string of the molecule is CC(C)c1ccc(CC(=O)Nc2nnc(-c3cc(Cl)cc(Cl)c3)o2)cc1. The van der Waals surface area contributed by atoms with Gasteiger partial charge in [-0.05, 0) is 35.2 Å². The summed E-state index contributed by atoms with van der Waals surface area (Å²) in [4.78, 5) is 12.2. The normalized spacial score (nSPS) is 11.0. The van der Waals surface area contributed by atoms with Crippen LogP contribution in [0, 0.1) is 0 Å². The molecular weight excluding hydrogens is 373 g/mol. The van der Waals surface area contributed by atoms with Crippen molar-refractivity contribution in [1.29, 1.82) is 0 Å². The van der Waals surface area contributed by atoms with Crippen molar-refractivity contribution in [3.63, 3.8) is 0 Å². The number of benzene rings is 2. The lowest BCUT2D eigenvalue weighted by atomic mass is 10.0. The van der Waals surface area contributed by atoms with Gasteiger partial charge in [-0.3, -0.25) is 10.1 Å². The van der Waals surface area contributed by atoms with Crippen molar-refractivity contribution in [2.45, 2.75) is 26.2 Å². The van der Waals surface area contributed by atoms with Crippen molar-refractivity contribution in [2.75, 3.05) is 5.32 Å². The smallest absolute Gasteiger partial charge is 0.322 e. The van der Waals surface area contributed by atoms with E-state index in [1.54, 1.807) is 18.2 Å². The molecule has 0 fully saturated rings. The molecule has 1 heterocycles. The van der Waals surface area contributed by atoms with Crippen LogP contribution in [0.5, 0.6) is 0 Å². The van der Waals surface area contributed by atoms with Gasteiger partial charge < -0.3 is 4.42 Å². The van der Waals surface area contributed by atoms with E-state index in [0.29, 0.717) is 21.5 Å². The third-order valence-corrected chi connectivity index (χ3v) is 4.23. The molecule has 2 aromatic carbocycles. The van der Waals surface area contributed by atoms with Crippen molar-refractivity contribution in [3.8, 4) is 11.5 Å². The Hall–Kier alpha value is -2.37. The second-order valence-corrected chi connectivity index (χ2v) is 7.06. The van der Waals surface area contributed by atoms with Gasteiger partial charge in [0.25, 0.3) is 0 Å². The highest BCUT2D eigenvalue weighted by Crippen LogP contribution is 2.27. The van der Waals surface area contributed by atoms with Gasteiger partial charge in [0, 0.05) is 15.6 Å². The molecule has 0 radical (unpaired) electrons. The highest BCUT2D eigenvalue weighted by molar-refractivity contribution is 6.35. The molecule has 5 nitrogen and oxygen atoms in total. The zero-order chi connectivity index (χ0) is 18.7. The lowest BCUT2D eigenvalue weighted by Crippen LogP contribution is -2.14. The van der Waals surface area contributed by atoms with Crippen LogP contribution >= 0.6 is 23.2 Å². The highest BCUT2D eigenvalue weighted by atomic mass is 35.5. The van der Waals surface area contributed by atoms with Gasteiger partial charge >= 0.3 is 6.01 Å². The molecule has 3 aromatic rings. The van der Waals surface area contributed by atoms with Crippen LogP contribution in [0.4, 0.5) is 6.01 Å². The number of carbonyl (C=O) groups excluding carboxylic acids is 1. The van der Waals surface area contributed by atoms with Gasteiger partial charge in [-0.2, -0.15) is 0 Å². The first-order chi connectivity index (χ1) is 12.4. The van der Waals surface area contributed by atoms with E-state index in [-0.39, 0.29) is 24.2 Å². The summed E-state index contributed by atoms with van der Waals surface area (Å²) in [7, 11) is 0. The molecule has 0 aliphatic rings. The van der Waals surface area contributed by atoms with E-state index >= 15 is 0 Å². The van der Waals surface area contributed by atoms with E-state index in [1.807, 2.05) is 24.3 Å². The number of nitrogens with zero attached hydrogens (tertiary/aromatic N) is 2. The number of anilines is 1. The number of halogens is 2. The van der Waals surface area contributed by atoms with Crippen molar-refractivity contribution >= 4 is 35.1 Å². The Kier molecular flexibility index (Phi) is 5.59. The van der Waals surface area contributed by atoms with Crippen molar-refractivity contribution in [1.82, 2.24) is 10.2 Å². The quantitative estimate of drug-likeness (QED) is 0.638. The fraction of sp³-hybridized carbons (Fsp3) is 0.211. The average Bonchev–Trinajstić information content (AvgIpc) is 3.02. The van der Waals surface area contributed by atoms with Crippen LogP contribution in [0.1, 0.15) is 30.9 Å². The van der Waals surface area contributed by atoms with Crippen LogP contribution in [0.3, 0.4) is 0 Å². The Labute approximate surface area is 161 Å². The minimum atomic E-state index is -0.235. The van der Waals surface area contributed by atoms with E-state index in [9.17, 15) is 4.79 Å². The number of hydrogen-bond donors (Lipinski definition) is 1. The first-order valence-corrected chi connectivity index (χ1v) is 8.85. The average molecular weight is 390 g/mol. The number of hydrogen-bond acceptors (Lipinski definition) is 4.